The van der Waals surface area contributed by atoms with Crippen LogP contribution in [0.3, 0.4) is 0 Å². The number of hydrogen-bond donors (Lipinski definition) is 1. The topological polar surface area (TPSA) is 42.2 Å². The number of piperidine rings is 1. The van der Waals surface area contributed by atoms with Crippen LogP contribution in [-0.2, 0) is 6.54 Å². The summed E-state index contributed by atoms with van der Waals surface area (Å²) in [5, 5.41) is 3.29. The summed E-state index contributed by atoms with van der Waals surface area (Å²) in [6.07, 6.45) is 2.12. The minimum atomic E-state index is 0.0593. The first kappa shape index (κ1) is 12.9. The molecule has 2 rings (SSSR count). The van der Waals surface area contributed by atoms with Gasteiger partial charge in [-0.05, 0) is 32.9 Å². The van der Waals surface area contributed by atoms with E-state index < -0.39 is 0 Å². The number of aromatic nitrogens is 1. The zero-order valence-electron chi connectivity index (χ0n) is 10.4. The van der Waals surface area contributed by atoms with Crippen LogP contribution in [0.15, 0.2) is 5.38 Å². The van der Waals surface area contributed by atoms with Crippen LogP contribution >= 0.6 is 23.6 Å². The van der Waals surface area contributed by atoms with E-state index in [1.165, 1.54) is 5.69 Å². The first-order valence-corrected chi connectivity index (χ1v) is 7.22. The van der Waals surface area contributed by atoms with Crippen LogP contribution < -0.4 is 5.73 Å². The Hall–Kier alpha value is -0.520. The maximum Gasteiger partial charge on any atom is 0.0897 e. The fourth-order valence-electron chi connectivity index (χ4n) is 2.16. The molecule has 0 spiro atoms. The molecule has 0 amide bonds. The zero-order chi connectivity index (χ0) is 12.5. The number of nitrogens with zero attached hydrogens (tertiary/aromatic N) is 2. The van der Waals surface area contributed by atoms with Crippen molar-refractivity contribution >= 4 is 28.5 Å². The van der Waals surface area contributed by atoms with Gasteiger partial charge in [-0.25, -0.2) is 4.98 Å². The second-order valence-corrected chi connectivity index (χ2v) is 6.56. The Labute approximate surface area is 112 Å². The SMILES string of the molecule is Cc1nc(CN2CCC(C)(C(N)=S)CC2)cs1. The monoisotopic (exact) mass is 269 g/mol. The first-order chi connectivity index (χ1) is 7.99. The van der Waals surface area contributed by atoms with Crippen molar-refractivity contribution < 1.29 is 0 Å². The zero-order valence-corrected chi connectivity index (χ0v) is 12.0. The van der Waals surface area contributed by atoms with Crippen LogP contribution in [0.4, 0.5) is 0 Å². The third kappa shape index (κ3) is 3.03. The number of aryl methyl sites for hydroxylation is 1. The molecule has 1 aliphatic heterocycles. The van der Waals surface area contributed by atoms with Crippen molar-refractivity contribution in [2.75, 3.05) is 13.1 Å². The summed E-state index contributed by atoms with van der Waals surface area (Å²) in [7, 11) is 0. The van der Waals surface area contributed by atoms with Gasteiger partial charge in [0, 0.05) is 17.3 Å². The highest BCUT2D eigenvalue weighted by Crippen LogP contribution is 2.31. The van der Waals surface area contributed by atoms with Crippen LogP contribution in [0.5, 0.6) is 0 Å². The maximum atomic E-state index is 5.81. The first-order valence-electron chi connectivity index (χ1n) is 5.93. The molecule has 0 atom stereocenters. The Morgan fingerprint density at radius 3 is 2.71 bits per heavy atom. The predicted octanol–water partition coefficient (Wildman–Crippen LogP) is 2.34. The molecule has 1 fully saturated rings. The summed E-state index contributed by atoms with van der Waals surface area (Å²) in [6.45, 7) is 7.31. The van der Waals surface area contributed by atoms with E-state index >= 15 is 0 Å². The van der Waals surface area contributed by atoms with Crippen molar-refractivity contribution in [1.29, 1.82) is 0 Å². The van der Waals surface area contributed by atoms with Crippen molar-refractivity contribution in [3.8, 4) is 0 Å². The van der Waals surface area contributed by atoms with Crippen LogP contribution in [0.25, 0.3) is 0 Å². The van der Waals surface area contributed by atoms with E-state index in [2.05, 4.69) is 22.2 Å². The summed E-state index contributed by atoms with van der Waals surface area (Å²) >= 11 is 6.87. The smallest absolute Gasteiger partial charge is 0.0897 e. The fraction of sp³-hybridized carbons (Fsp3) is 0.667. The quantitative estimate of drug-likeness (QED) is 0.855. The van der Waals surface area contributed by atoms with E-state index in [0.29, 0.717) is 4.99 Å². The highest BCUT2D eigenvalue weighted by molar-refractivity contribution is 7.80. The molecular weight excluding hydrogens is 250 g/mol. The van der Waals surface area contributed by atoms with Gasteiger partial charge in [0.15, 0.2) is 0 Å². The highest BCUT2D eigenvalue weighted by atomic mass is 32.1. The van der Waals surface area contributed by atoms with E-state index in [-0.39, 0.29) is 5.41 Å². The van der Waals surface area contributed by atoms with Crippen molar-refractivity contribution in [3.63, 3.8) is 0 Å². The average molecular weight is 269 g/mol. The molecule has 5 heteroatoms. The van der Waals surface area contributed by atoms with E-state index in [9.17, 15) is 0 Å². The lowest BCUT2D eigenvalue weighted by atomic mass is 9.80. The molecule has 0 bridgehead atoms. The van der Waals surface area contributed by atoms with Gasteiger partial charge in [0.25, 0.3) is 0 Å². The van der Waals surface area contributed by atoms with Crippen molar-refractivity contribution in [2.24, 2.45) is 11.1 Å². The normalized spacial score (nSPS) is 20.4. The number of likely N-dealkylation sites (tertiary alicyclic amines) is 1. The van der Waals surface area contributed by atoms with Gasteiger partial charge in [0.05, 0.1) is 15.7 Å². The molecule has 1 saturated heterocycles. The van der Waals surface area contributed by atoms with Gasteiger partial charge in [0.1, 0.15) is 0 Å². The van der Waals surface area contributed by atoms with Crippen molar-refractivity contribution in [2.45, 2.75) is 33.2 Å². The third-order valence-electron chi connectivity index (χ3n) is 3.61. The second kappa shape index (κ2) is 5.00. The van der Waals surface area contributed by atoms with Gasteiger partial charge in [0.2, 0.25) is 0 Å². The minimum absolute atomic E-state index is 0.0593. The molecular formula is C12H19N3S2. The van der Waals surface area contributed by atoms with Gasteiger partial charge in [-0.15, -0.1) is 11.3 Å². The second-order valence-electron chi connectivity index (χ2n) is 5.06. The van der Waals surface area contributed by atoms with E-state index in [1.54, 1.807) is 11.3 Å². The molecule has 94 valence electrons. The minimum Gasteiger partial charge on any atom is -0.393 e. The number of thiazole rings is 1. The summed E-state index contributed by atoms with van der Waals surface area (Å²) < 4.78 is 0. The van der Waals surface area contributed by atoms with E-state index in [4.69, 9.17) is 18.0 Å². The number of nitrogens with two attached hydrogens (primary N) is 1. The van der Waals surface area contributed by atoms with Gasteiger partial charge in [-0.1, -0.05) is 19.1 Å². The molecule has 1 aromatic heterocycles. The Balaban J connectivity index is 1.89. The van der Waals surface area contributed by atoms with Crippen LogP contribution in [-0.4, -0.2) is 28.0 Å². The standard InChI is InChI=1S/C12H19N3S2/c1-9-14-10(8-17-9)7-15-5-3-12(2,4-6-15)11(13)16/h8H,3-7H2,1-2H3,(H2,13,16). The molecule has 0 aromatic carbocycles. The number of rotatable bonds is 3. The van der Waals surface area contributed by atoms with E-state index in [0.717, 1.165) is 37.5 Å². The molecule has 2 N–H and O–H groups in total. The predicted molar refractivity (Wildman–Crippen MR) is 76.3 cm³/mol. The summed E-state index contributed by atoms with van der Waals surface area (Å²) in [5.41, 5.74) is 7.05. The summed E-state index contributed by atoms with van der Waals surface area (Å²) in [6, 6.07) is 0. The number of hydrogen-bond acceptors (Lipinski definition) is 4. The molecule has 17 heavy (non-hydrogen) atoms. The lowest BCUT2D eigenvalue weighted by Crippen LogP contribution is -2.44. The largest absolute Gasteiger partial charge is 0.393 e. The number of thiocarbonyl (C=S) groups is 1. The third-order valence-corrected chi connectivity index (χ3v) is 4.92. The molecule has 0 aliphatic carbocycles. The molecule has 0 saturated carbocycles. The molecule has 2 heterocycles. The highest BCUT2D eigenvalue weighted by Gasteiger charge is 2.32. The van der Waals surface area contributed by atoms with Gasteiger partial charge < -0.3 is 5.73 Å². The fourth-order valence-corrected chi connectivity index (χ4v) is 2.97. The van der Waals surface area contributed by atoms with E-state index in [1.807, 2.05) is 6.92 Å². The van der Waals surface area contributed by atoms with Gasteiger partial charge in [-0.2, -0.15) is 0 Å². The maximum absolute atomic E-state index is 5.81. The van der Waals surface area contributed by atoms with Crippen LogP contribution in [0.1, 0.15) is 30.5 Å². The Bertz CT molecular complexity index is 406. The van der Waals surface area contributed by atoms with Crippen LogP contribution in [0.2, 0.25) is 0 Å². The molecule has 3 nitrogen and oxygen atoms in total. The Morgan fingerprint density at radius 2 is 2.24 bits per heavy atom. The van der Waals surface area contributed by atoms with Gasteiger partial charge in [-0.3, -0.25) is 4.90 Å². The lowest BCUT2D eigenvalue weighted by molar-refractivity contribution is 0.156. The molecule has 1 aromatic rings. The van der Waals surface area contributed by atoms with Crippen LogP contribution in [0, 0.1) is 12.3 Å². The van der Waals surface area contributed by atoms with Crippen molar-refractivity contribution in [1.82, 2.24) is 9.88 Å². The average Bonchev–Trinajstić information content (AvgIpc) is 2.67. The lowest BCUT2D eigenvalue weighted by Gasteiger charge is -2.38. The summed E-state index contributed by atoms with van der Waals surface area (Å²) in [5.74, 6) is 0. The Kier molecular flexibility index (Phi) is 3.80. The van der Waals surface area contributed by atoms with Gasteiger partial charge >= 0.3 is 0 Å². The Morgan fingerprint density at radius 1 is 1.59 bits per heavy atom. The van der Waals surface area contributed by atoms with Crippen molar-refractivity contribution in [3.05, 3.63) is 16.1 Å². The molecule has 1 aliphatic rings. The summed E-state index contributed by atoms with van der Waals surface area (Å²) in [4.78, 5) is 7.61. The molecule has 0 radical (unpaired) electrons. The molecule has 0 unspecified atom stereocenters.